The molecule has 1 aromatic rings. The SMILES string of the molecule is CC(O)C1C(=O)N2C(C(=O)[O-])=C(c3cc(Br)cc(N(N)/N=C\N)c3)CC12.[Na+]. The zero-order valence-corrected chi connectivity index (χ0v) is 18.4. The van der Waals surface area contributed by atoms with Crippen LogP contribution in [0.4, 0.5) is 5.69 Å². The molecule has 0 radical (unpaired) electrons. The fraction of sp³-hybridized carbons (Fsp3) is 0.312. The molecular formula is C16H17BrN5NaO4. The van der Waals surface area contributed by atoms with Crippen molar-refractivity contribution in [3.63, 3.8) is 0 Å². The van der Waals surface area contributed by atoms with E-state index in [4.69, 9.17) is 11.6 Å². The molecule has 1 amide bonds. The van der Waals surface area contributed by atoms with Gasteiger partial charge in [-0.05, 0) is 42.7 Å². The van der Waals surface area contributed by atoms with Crippen LogP contribution in [0.2, 0.25) is 0 Å². The van der Waals surface area contributed by atoms with E-state index in [9.17, 15) is 19.8 Å². The number of carboxylic acid groups (broad SMARTS) is 1. The maximum Gasteiger partial charge on any atom is 1.00 e. The van der Waals surface area contributed by atoms with Gasteiger partial charge in [-0.1, -0.05) is 15.9 Å². The van der Waals surface area contributed by atoms with Crippen LogP contribution in [0.3, 0.4) is 0 Å². The average Bonchev–Trinajstić information content (AvgIpc) is 2.89. The number of rotatable bonds is 5. The van der Waals surface area contributed by atoms with E-state index in [1.807, 2.05) is 0 Å². The molecule has 0 spiro atoms. The number of nitrogens with two attached hydrogens (primary N) is 2. The van der Waals surface area contributed by atoms with Crippen molar-refractivity contribution in [1.82, 2.24) is 4.90 Å². The summed E-state index contributed by atoms with van der Waals surface area (Å²) in [5, 5.41) is 26.3. The number of hydrogen-bond acceptors (Lipinski definition) is 7. The molecule has 0 aromatic heterocycles. The number of hydrogen-bond donors (Lipinski definition) is 3. The van der Waals surface area contributed by atoms with Crippen molar-refractivity contribution < 1.29 is 49.4 Å². The van der Waals surface area contributed by atoms with Gasteiger partial charge in [-0.3, -0.25) is 4.79 Å². The number of carbonyl (C=O) groups is 2. The number of hydrazine groups is 1. The van der Waals surface area contributed by atoms with Crippen LogP contribution in [-0.2, 0) is 9.59 Å². The molecule has 2 aliphatic heterocycles. The Morgan fingerprint density at radius 1 is 1.52 bits per heavy atom. The van der Waals surface area contributed by atoms with Gasteiger partial charge in [-0.15, -0.1) is 5.10 Å². The minimum Gasteiger partial charge on any atom is -0.543 e. The topological polar surface area (TPSA) is 148 Å². The first kappa shape index (κ1) is 21.9. The van der Waals surface area contributed by atoms with E-state index in [1.165, 1.54) is 11.8 Å². The number of nitrogens with zero attached hydrogens (tertiary/aromatic N) is 3. The Bertz CT molecular complexity index is 844. The second kappa shape index (κ2) is 8.29. The van der Waals surface area contributed by atoms with Gasteiger partial charge < -0.3 is 25.6 Å². The van der Waals surface area contributed by atoms with Crippen LogP contribution in [0.5, 0.6) is 0 Å². The summed E-state index contributed by atoms with van der Waals surface area (Å²) < 4.78 is 0.644. The third-order valence-electron chi connectivity index (χ3n) is 4.61. The van der Waals surface area contributed by atoms with Gasteiger partial charge in [0.15, 0.2) is 0 Å². The number of β-lactam (4-membered cyclic amide) rings is 1. The van der Waals surface area contributed by atoms with E-state index in [2.05, 4.69) is 21.0 Å². The smallest absolute Gasteiger partial charge is 0.543 e. The second-order valence-corrected chi connectivity index (χ2v) is 7.08. The molecule has 3 unspecified atom stereocenters. The molecule has 3 atom stereocenters. The van der Waals surface area contributed by atoms with Gasteiger partial charge >= 0.3 is 29.6 Å². The van der Waals surface area contributed by atoms with E-state index >= 15 is 0 Å². The van der Waals surface area contributed by atoms with Crippen LogP contribution < -0.4 is 51.4 Å². The summed E-state index contributed by atoms with van der Waals surface area (Å²) in [5.74, 6) is 3.30. The van der Waals surface area contributed by atoms with E-state index < -0.39 is 29.9 Å². The Morgan fingerprint density at radius 2 is 2.19 bits per heavy atom. The van der Waals surface area contributed by atoms with Gasteiger partial charge in [-0.2, -0.15) is 5.12 Å². The Kier molecular flexibility index (Phi) is 6.72. The van der Waals surface area contributed by atoms with Gasteiger partial charge in [0.2, 0.25) is 5.91 Å². The summed E-state index contributed by atoms with van der Waals surface area (Å²) in [6, 6.07) is 4.65. The molecule has 138 valence electrons. The zero-order valence-electron chi connectivity index (χ0n) is 14.8. The number of carbonyl (C=O) groups excluding carboxylic acids is 2. The monoisotopic (exact) mass is 445 g/mol. The number of aliphatic hydroxyl groups excluding tert-OH is 1. The summed E-state index contributed by atoms with van der Waals surface area (Å²) in [6.07, 6.45) is 0.466. The van der Waals surface area contributed by atoms with Crippen molar-refractivity contribution >= 4 is 45.4 Å². The molecular weight excluding hydrogens is 429 g/mol. The van der Waals surface area contributed by atoms with Crippen molar-refractivity contribution in [3.8, 4) is 0 Å². The van der Waals surface area contributed by atoms with Crippen LogP contribution in [-0.4, -0.2) is 40.4 Å². The molecule has 27 heavy (non-hydrogen) atoms. The molecule has 1 fully saturated rings. The van der Waals surface area contributed by atoms with Crippen LogP contribution in [0.15, 0.2) is 33.5 Å². The van der Waals surface area contributed by atoms with E-state index in [0.29, 0.717) is 27.7 Å². The second-order valence-electron chi connectivity index (χ2n) is 6.17. The molecule has 1 saturated heterocycles. The standard InChI is InChI=1S/C16H18BrN5O4.Na/c1-7(23)13-12-5-11(14(16(25)26)21(12)15(13)24)8-2-9(17)4-10(3-8)22(19)20-6-18;/h2-4,6-7,12-13,23H,5,19H2,1H3,(H2,18,20)(H,25,26);/q;+1/p-1. The Hall–Kier alpha value is -1.43. The van der Waals surface area contributed by atoms with Crippen LogP contribution in [0.25, 0.3) is 5.57 Å². The predicted octanol–water partition coefficient (Wildman–Crippen LogP) is -3.89. The molecule has 9 nitrogen and oxygen atoms in total. The number of amides is 1. The average molecular weight is 446 g/mol. The summed E-state index contributed by atoms with van der Waals surface area (Å²) in [6.45, 7) is 1.52. The first-order valence-electron chi connectivity index (χ1n) is 7.81. The van der Waals surface area contributed by atoms with Gasteiger partial charge in [0.05, 0.1) is 35.4 Å². The summed E-state index contributed by atoms with van der Waals surface area (Å²) in [4.78, 5) is 25.2. The summed E-state index contributed by atoms with van der Waals surface area (Å²) in [5.41, 5.74) is 6.54. The fourth-order valence-electron chi connectivity index (χ4n) is 3.54. The molecule has 3 rings (SSSR count). The zero-order chi connectivity index (χ0) is 19.2. The van der Waals surface area contributed by atoms with E-state index in [0.717, 1.165) is 11.5 Å². The van der Waals surface area contributed by atoms with Crippen LogP contribution >= 0.6 is 15.9 Å². The quantitative estimate of drug-likeness (QED) is 0.105. The number of hydrazone groups is 1. The maximum atomic E-state index is 12.3. The molecule has 2 heterocycles. The fourth-order valence-corrected chi connectivity index (χ4v) is 4.02. The molecule has 1 aromatic carbocycles. The molecule has 0 saturated carbocycles. The molecule has 5 N–H and O–H groups in total. The molecule has 0 aliphatic carbocycles. The van der Waals surface area contributed by atoms with Crippen molar-refractivity contribution in [3.05, 3.63) is 33.9 Å². The minimum absolute atomic E-state index is 0. The Labute approximate surface area is 186 Å². The molecule has 0 bridgehead atoms. The number of anilines is 1. The van der Waals surface area contributed by atoms with Crippen LogP contribution in [0.1, 0.15) is 18.9 Å². The Balaban J connectivity index is 0.00000261. The summed E-state index contributed by atoms with van der Waals surface area (Å²) in [7, 11) is 0. The minimum atomic E-state index is -1.44. The van der Waals surface area contributed by atoms with Crippen molar-refractivity contribution in [2.75, 3.05) is 5.12 Å². The number of aliphatic carboxylic acids is 1. The number of halogens is 1. The first-order chi connectivity index (χ1) is 12.3. The van der Waals surface area contributed by atoms with Gasteiger partial charge in [0.25, 0.3) is 0 Å². The number of aliphatic hydroxyl groups is 1. The molecule has 11 heteroatoms. The van der Waals surface area contributed by atoms with Crippen molar-refractivity contribution in [2.45, 2.75) is 25.5 Å². The van der Waals surface area contributed by atoms with E-state index in [-0.39, 0.29) is 35.3 Å². The number of fused-ring (bicyclic) bond motifs is 1. The van der Waals surface area contributed by atoms with Crippen molar-refractivity contribution in [1.29, 1.82) is 0 Å². The number of carboxylic acids is 1. The number of benzene rings is 1. The van der Waals surface area contributed by atoms with Gasteiger partial charge in [0.1, 0.15) is 6.34 Å². The normalized spacial score (nSPS) is 22.4. The van der Waals surface area contributed by atoms with E-state index in [1.54, 1.807) is 18.2 Å². The maximum absolute atomic E-state index is 12.3. The largest absolute Gasteiger partial charge is 1.00 e. The third kappa shape index (κ3) is 3.78. The van der Waals surface area contributed by atoms with Gasteiger partial charge in [0, 0.05) is 4.47 Å². The predicted molar refractivity (Wildman–Crippen MR) is 95.8 cm³/mol. The van der Waals surface area contributed by atoms with Gasteiger partial charge in [-0.25, -0.2) is 5.84 Å². The van der Waals surface area contributed by atoms with Crippen molar-refractivity contribution in [2.24, 2.45) is 22.6 Å². The van der Waals surface area contributed by atoms with Crippen LogP contribution in [0, 0.1) is 5.92 Å². The Morgan fingerprint density at radius 3 is 2.74 bits per heavy atom. The third-order valence-corrected chi connectivity index (χ3v) is 5.07. The molecule has 2 aliphatic rings. The summed E-state index contributed by atoms with van der Waals surface area (Å²) >= 11 is 3.36. The first-order valence-corrected chi connectivity index (χ1v) is 8.61.